The van der Waals surface area contributed by atoms with E-state index in [1.165, 1.54) is 23.7 Å². The molecule has 0 spiro atoms. The van der Waals surface area contributed by atoms with Crippen LogP contribution < -0.4 is 15.4 Å². The van der Waals surface area contributed by atoms with E-state index in [0.717, 1.165) is 25.7 Å². The summed E-state index contributed by atoms with van der Waals surface area (Å²) in [6, 6.07) is 9.49. The molecule has 0 bridgehead atoms. The van der Waals surface area contributed by atoms with Gasteiger partial charge >= 0.3 is 0 Å². The lowest BCUT2D eigenvalue weighted by Crippen LogP contribution is -2.49. The van der Waals surface area contributed by atoms with E-state index in [-0.39, 0.29) is 30.8 Å². The van der Waals surface area contributed by atoms with E-state index in [9.17, 15) is 14.4 Å². The first-order chi connectivity index (χ1) is 16.5. The van der Waals surface area contributed by atoms with Crippen LogP contribution in [0.1, 0.15) is 61.2 Å². The van der Waals surface area contributed by atoms with Gasteiger partial charge in [-0.1, -0.05) is 37.5 Å². The Morgan fingerprint density at radius 2 is 1.91 bits per heavy atom. The van der Waals surface area contributed by atoms with Gasteiger partial charge in [-0.3, -0.25) is 14.4 Å². The third-order valence-corrected chi connectivity index (χ3v) is 5.81. The third kappa shape index (κ3) is 6.73. The van der Waals surface area contributed by atoms with Gasteiger partial charge in [-0.15, -0.1) is 6.58 Å². The molecule has 182 valence electrons. The molecule has 0 radical (unpaired) electrons. The number of furan rings is 1. The maximum Gasteiger partial charge on any atom is 0.287 e. The molecule has 0 aliphatic heterocycles. The fourth-order valence-electron chi connectivity index (χ4n) is 4.16. The predicted molar refractivity (Wildman–Crippen MR) is 128 cm³/mol. The molecule has 8 nitrogen and oxygen atoms in total. The number of rotatable bonds is 11. The molecule has 1 saturated carbocycles. The Labute approximate surface area is 200 Å². The molecule has 1 heterocycles. The van der Waals surface area contributed by atoms with Crippen molar-refractivity contribution in [2.45, 2.75) is 51.1 Å². The van der Waals surface area contributed by atoms with Gasteiger partial charge in [0.25, 0.3) is 5.91 Å². The molecular formula is C26H33N3O5. The van der Waals surface area contributed by atoms with Crippen molar-refractivity contribution in [2.75, 3.05) is 19.7 Å². The molecule has 0 saturated heterocycles. The molecule has 3 rings (SSSR count). The normalized spacial score (nSPS) is 14.6. The number of ether oxygens (including phenoxy) is 1. The van der Waals surface area contributed by atoms with Crippen LogP contribution in [0, 0.1) is 0 Å². The Hall–Kier alpha value is -3.55. The van der Waals surface area contributed by atoms with Crippen LogP contribution >= 0.6 is 0 Å². The molecule has 1 fully saturated rings. The topological polar surface area (TPSA) is 101 Å². The molecule has 8 heteroatoms. The fraction of sp³-hybridized carbons (Fsp3) is 0.423. The highest BCUT2D eigenvalue weighted by Gasteiger charge is 2.32. The smallest absolute Gasteiger partial charge is 0.287 e. The number of benzene rings is 1. The van der Waals surface area contributed by atoms with E-state index in [1.807, 2.05) is 6.92 Å². The number of carbonyl (C=O) groups is 3. The maximum atomic E-state index is 13.5. The zero-order valence-electron chi connectivity index (χ0n) is 19.6. The molecule has 1 atom stereocenters. The van der Waals surface area contributed by atoms with Crippen LogP contribution in [0.2, 0.25) is 0 Å². The van der Waals surface area contributed by atoms with E-state index in [1.54, 1.807) is 36.4 Å². The summed E-state index contributed by atoms with van der Waals surface area (Å²) in [5, 5.41) is 5.70. The van der Waals surface area contributed by atoms with Crippen molar-refractivity contribution < 1.29 is 23.5 Å². The van der Waals surface area contributed by atoms with Crippen molar-refractivity contribution in [3.63, 3.8) is 0 Å². The van der Waals surface area contributed by atoms with Gasteiger partial charge in [-0.25, -0.2) is 0 Å². The molecule has 1 aliphatic rings. The van der Waals surface area contributed by atoms with Crippen LogP contribution in [0.5, 0.6) is 5.75 Å². The van der Waals surface area contributed by atoms with Gasteiger partial charge in [-0.2, -0.15) is 0 Å². The van der Waals surface area contributed by atoms with Gasteiger partial charge < -0.3 is 24.7 Å². The third-order valence-electron chi connectivity index (χ3n) is 5.81. The van der Waals surface area contributed by atoms with Crippen molar-refractivity contribution in [1.29, 1.82) is 0 Å². The van der Waals surface area contributed by atoms with E-state index < -0.39 is 17.9 Å². The van der Waals surface area contributed by atoms with E-state index in [4.69, 9.17) is 9.15 Å². The van der Waals surface area contributed by atoms with Crippen LogP contribution in [-0.4, -0.2) is 48.4 Å². The van der Waals surface area contributed by atoms with Gasteiger partial charge in [0.05, 0.1) is 19.4 Å². The van der Waals surface area contributed by atoms with Crippen LogP contribution in [-0.2, 0) is 9.59 Å². The number of carbonyl (C=O) groups excluding carboxylic acids is 3. The highest BCUT2D eigenvalue weighted by molar-refractivity contribution is 5.95. The summed E-state index contributed by atoms with van der Waals surface area (Å²) in [5.41, 5.74) is 0.657. The Morgan fingerprint density at radius 1 is 1.18 bits per heavy atom. The Morgan fingerprint density at radius 3 is 2.53 bits per heavy atom. The standard InChI is InChI=1S/C26H33N3O5/c1-3-16-29(23(30)18-27-25(31)22-11-8-17-34-22)24(19-12-14-21(15-13-19)33-4-2)26(32)28-20-9-6-5-7-10-20/h3,8,11-15,17,20,24H,1,4-7,9-10,16,18H2,2H3,(H,27,31)(H,28,32)/t24-/m0/s1. The average Bonchev–Trinajstić information content (AvgIpc) is 3.39. The number of nitrogens with one attached hydrogen (secondary N) is 2. The fourth-order valence-corrected chi connectivity index (χ4v) is 4.16. The minimum atomic E-state index is -0.872. The van der Waals surface area contributed by atoms with Crippen molar-refractivity contribution in [3.8, 4) is 5.75 Å². The second kappa shape index (κ2) is 12.6. The summed E-state index contributed by atoms with van der Waals surface area (Å²) in [6.07, 6.45) is 8.14. The summed E-state index contributed by atoms with van der Waals surface area (Å²) >= 11 is 0. The zero-order chi connectivity index (χ0) is 24.3. The van der Waals surface area contributed by atoms with Crippen LogP contribution in [0.25, 0.3) is 0 Å². The number of hydrogen-bond donors (Lipinski definition) is 2. The molecule has 34 heavy (non-hydrogen) atoms. The molecule has 2 aromatic rings. The van der Waals surface area contributed by atoms with Gasteiger partial charge in [0.2, 0.25) is 11.8 Å². The van der Waals surface area contributed by atoms with Crippen molar-refractivity contribution in [2.24, 2.45) is 0 Å². The molecular weight excluding hydrogens is 434 g/mol. The van der Waals surface area contributed by atoms with Gasteiger partial charge in [0, 0.05) is 12.6 Å². The second-order valence-electron chi connectivity index (χ2n) is 8.24. The highest BCUT2D eigenvalue weighted by atomic mass is 16.5. The molecule has 1 aliphatic carbocycles. The predicted octanol–water partition coefficient (Wildman–Crippen LogP) is 3.61. The Bertz CT molecular complexity index is 949. The molecule has 3 amide bonds. The summed E-state index contributed by atoms with van der Waals surface area (Å²) in [6.45, 7) is 6.05. The number of hydrogen-bond acceptors (Lipinski definition) is 5. The summed E-state index contributed by atoms with van der Waals surface area (Å²) < 4.78 is 10.6. The lowest BCUT2D eigenvalue weighted by atomic mass is 9.94. The molecule has 2 N–H and O–H groups in total. The minimum Gasteiger partial charge on any atom is -0.494 e. The second-order valence-corrected chi connectivity index (χ2v) is 8.24. The van der Waals surface area contributed by atoms with E-state index in [2.05, 4.69) is 17.2 Å². The Kier molecular flexibility index (Phi) is 9.31. The van der Waals surface area contributed by atoms with Crippen molar-refractivity contribution >= 4 is 17.7 Å². The largest absolute Gasteiger partial charge is 0.494 e. The van der Waals surface area contributed by atoms with Gasteiger partial charge in [0.15, 0.2) is 5.76 Å². The molecule has 1 aromatic heterocycles. The number of nitrogens with zero attached hydrogens (tertiary/aromatic N) is 1. The van der Waals surface area contributed by atoms with Gasteiger partial charge in [0.1, 0.15) is 11.8 Å². The molecule has 1 aromatic carbocycles. The zero-order valence-corrected chi connectivity index (χ0v) is 19.6. The highest BCUT2D eigenvalue weighted by Crippen LogP contribution is 2.26. The van der Waals surface area contributed by atoms with Crippen molar-refractivity contribution in [1.82, 2.24) is 15.5 Å². The van der Waals surface area contributed by atoms with Crippen LogP contribution in [0.3, 0.4) is 0 Å². The molecule has 0 unspecified atom stereocenters. The van der Waals surface area contributed by atoms with Crippen LogP contribution in [0.4, 0.5) is 0 Å². The SMILES string of the molecule is C=CCN(C(=O)CNC(=O)c1ccco1)[C@H](C(=O)NC1CCCCC1)c1ccc(OCC)cc1. The lowest BCUT2D eigenvalue weighted by molar-refractivity contribution is -0.139. The summed E-state index contributed by atoms with van der Waals surface area (Å²) in [5.74, 6) is -0.353. The first-order valence-corrected chi connectivity index (χ1v) is 11.8. The minimum absolute atomic E-state index is 0.0887. The summed E-state index contributed by atoms with van der Waals surface area (Å²) in [7, 11) is 0. The Balaban J connectivity index is 1.81. The maximum absolute atomic E-state index is 13.5. The van der Waals surface area contributed by atoms with E-state index >= 15 is 0 Å². The first-order valence-electron chi connectivity index (χ1n) is 11.8. The first kappa shape index (κ1) is 25.1. The van der Waals surface area contributed by atoms with Gasteiger partial charge in [-0.05, 0) is 49.6 Å². The van der Waals surface area contributed by atoms with Crippen LogP contribution in [0.15, 0.2) is 59.7 Å². The lowest BCUT2D eigenvalue weighted by Gasteiger charge is -2.33. The monoisotopic (exact) mass is 467 g/mol. The summed E-state index contributed by atoms with van der Waals surface area (Å²) in [4.78, 5) is 40.4. The van der Waals surface area contributed by atoms with Crippen molar-refractivity contribution in [3.05, 3.63) is 66.6 Å². The van der Waals surface area contributed by atoms with E-state index in [0.29, 0.717) is 17.9 Å². The average molecular weight is 468 g/mol. The number of amides is 3. The quantitative estimate of drug-likeness (QED) is 0.492.